The molecule has 1 aromatic carbocycles. The fourth-order valence-electron chi connectivity index (χ4n) is 1.83. The van der Waals surface area contributed by atoms with Gasteiger partial charge in [0.05, 0.1) is 29.7 Å². The zero-order valence-electron chi connectivity index (χ0n) is 9.47. The number of benzene rings is 1. The summed E-state index contributed by atoms with van der Waals surface area (Å²) in [6, 6.07) is 6.26. The Morgan fingerprint density at radius 1 is 1.31 bits per heavy atom. The van der Waals surface area contributed by atoms with Crippen LogP contribution in [-0.4, -0.2) is 8.75 Å². The summed E-state index contributed by atoms with van der Waals surface area (Å²) in [5.41, 5.74) is 10.9. The molecule has 0 fully saturated rings. The van der Waals surface area contributed by atoms with Crippen molar-refractivity contribution in [2.24, 2.45) is 5.73 Å². The number of rotatable bonds is 3. The summed E-state index contributed by atoms with van der Waals surface area (Å²) in [4.78, 5) is 0. The summed E-state index contributed by atoms with van der Waals surface area (Å²) in [6.07, 6.45) is 2.58. The zero-order chi connectivity index (χ0) is 11.5. The molecule has 16 heavy (non-hydrogen) atoms. The molecule has 0 saturated heterocycles. The van der Waals surface area contributed by atoms with E-state index < -0.39 is 0 Å². The Labute approximate surface area is 99.6 Å². The van der Waals surface area contributed by atoms with Gasteiger partial charge in [-0.25, -0.2) is 0 Å². The molecule has 0 aliphatic rings. The van der Waals surface area contributed by atoms with Crippen molar-refractivity contribution in [3.05, 3.63) is 46.8 Å². The van der Waals surface area contributed by atoms with Crippen molar-refractivity contribution in [1.29, 1.82) is 0 Å². The van der Waals surface area contributed by atoms with Crippen molar-refractivity contribution in [2.45, 2.75) is 26.3 Å². The van der Waals surface area contributed by atoms with E-state index in [1.807, 2.05) is 0 Å². The van der Waals surface area contributed by atoms with E-state index in [2.05, 4.69) is 40.8 Å². The smallest absolute Gasteiger partial charge is 0.0913 e. The van der Waals surface area contributed by atoms with Crippen molar-refractivity contribution in [3.63, 3.8) is 0 Å². The molecule has 0 aliphatic heterocycles. The minimum Gasteiger partial charge on any atom is -0.322 e. The summed E-state index contributed by atoms with van der Waals surface area (Å²) in [5, 5.41) is 0. The lowest BCUT2D eigenvalue weighted by molar-refractivity contribution is 0.698. The van der Waals surface area contributed by atoms with E-state index in [1.54, 1.807) is 6.20 Å². The van der Waals surface area contributed by atoms with E-state index >= 15 is 0 Å². The molecule has 0 bridgehead atoms. The van der Waals surface area contributed by atoms with Gasteiger partial charge in [0.25, 0.3) is 0 Å². The number of hydrogen-bond donors (Lipinski definition) is 1. The van der Waals surface area contributed by atoms with Gasteiger partial charge in [0.15, 0.2) is 0 Å². The molecule has 0 spiro atoms. The van der Waals surface area contributed by atoms with Crippen LogP contribution in [0.15, 0.2) is 24.4 Å². The van der Waals surface area contributed by atoms with E-state index in [9.17, 15) is 0 Å². The van der Waals surface area contributed by atoms with Crippen LogP contribution < -0.4 is 5.73 Å². The molecule has 0 amide bonds. The van der Waals surface area contributed by atoms with Gasteiger partial charge in [0.2, 0.25) is 0 Å². The second-order valence-electron chi connectivity index (χ2n) is 4.01. The third kappa shape index (κ3) is 2.28. The van der Waals surface area contributed by atoms with Gasteiger partial charge in [-0.3, -0.25) is 0 Å². The predicted octanol–water partition coefficient (Wildman–Crippen LogP) is 2.40. The Bertz CT molecular complexity index is 445. The molecule has 2 rings (SSSR count). The van der Waals surface area contributed by atoms with Gasteiger partial charge >= 0.3 is 0 Å². The monoisotopic (exact) mass is 233 g/mol. The average molecular weight is 233 g/mol. The highest BCUT2D eigenvalue weighted by molar-refractivity contribution is 6.99. The van der Waals surface area contributed by atoms with Crippen LogP contribution >= 0.6 is 11.7 Å². The first-order chi connectivity index (χ1) is 7.68. The Morgan fingerprint density at radius 2 is 2.00 bits per heavy atom. The number of nitrogens with two attached hydrogens (primary N) is 1. The lowest BCUT2D eigenvalue weighted by Crippen LogP contribution is -2.15. The maximum Gasteiger partial charge on any atom is 0.0913 e. The third-order valence-electron chi connectivity index (χ3n) is 2.83. The SMILES string of the molecule is Cc1cccc(C)c1CC(N)c1cnsn1. The molecule has 2 N–H and O–H groups in total. The maximum atomic E-state index is 6.11. The fourth-order valence-corrected chi connectivity index (χ4v) is 2.31. The number of aryl methyl sites for hydroxylation is 2. The minimum atomic E-state index is -0.0569. The molecule has 84 valence electrons. The van der Waals surface area contributed by atoms with E-state index in [0.717, 1.165) is 12.1 Å². The number of nitrogens with zero attached hydrogens (tertiary/aromatic N) is 2. The summed E-state index contributed by atoms with van der Waals surface area (Å²) in [7, 11) is 0. The van der Waals surface area contributed by atoms with Gasteiger partial charge in [-0.15, -0.1) is 0 Å². The lowest BCUT2D eigenvalue weighted by atomic mass is 9.96. The molecule has 3 nitrogen and oxygen atoms in total. The first-order valence-electron chi connectivity index (χ1n) is 5.26. The van der Waals surface area contributed by atoms with E-state index in [1.165, 1.54) is 28.4 Å². The molecule has 4 heteroatoms. The van der Waals surface area contributed by atoms with Crippen LogP contribution in [0.3, 0.4) is 0 Å². The molecule has 0 saturated carbocycles. The Balaban J connectivity index is 2.21. The predicted molar refractivity (Wildman–Crippen MR) is 66.5 cm³/mol. The normalized spacial score (nSPS) is 12.7. The molecule has 1 unspecified atom stereocenters. The van der Waals surface area contributed by atoms with E-state index in [-0.39, 0.29) is 6.04 Å². The lowest BCUT2D eigenvalue weighted by Gasteiger charge is -2.13. The summed E-state index contributed by atoms with van der Waals surface area (Å²) in [6.45, 7) is 4.24. The van der Waals surface area contributed by atoms with Crippen LogP contribution in [0.1, 0.15) is 28.4 Å². The summed E-state index contributed by atoms with van der Waals surface area (Å²) < 4.78 is 8.16. The summed E-state index contributed by atoms with van der Waals surface area (Å²) in [5.74, 6) is 0. The van der Waals surface area contributed by atoms with E-state index in [4.69, 9.17) is 5.73 Å². The van der Waals surface area contributed by atoms with Gasteiger partial charge < -0.3 is 5.73 Å². The van der Waals surface area contributed by atoms with Crippen LogP contribution in [0, 0.1) is 13.8 Å². The quantitative estimate of drug-likeness (QED) is 0.885. The van der Waals surface area contributed by atoms with Gasteiger partial charge in [-0.05, 0) is 37.0 Å². The standard InChI is InChI=1S/C12H15N3S/c1-8-4-3-5-9(2)10(8)6-11(13)12-7-14-16-15-12/h3-5,7,11H,6,13H2,1-2H3. The highest BCUT2D eigenvalue weighted by atomic mass is 32.1. The Morgan fingerprint density at radius 3 is 2.56 bits per heavy atom. The minimum absolute atomic E-state index is 0.0569. The van der Waals surface area contributed by atoms with Crippen molar-refractivity contribution in [3.8, 4) is 0 Å². The first-order valence-corrected chi connectivity index (χ1v) is 5.99. The highest BCUT2D eigenvalue weighted by Gasteiger charge is 2.12. The molecule has 0 radical (unpaired) electrons. The second kappa shape index (κ2) is 4.72. The number of hydrogen-bond acceptors (Lipinski definition) is 4. The topological polar surface area (TPSA) is 51.8 Å². The van der Waals surface area contributed by atoms with Crippen molar-refractivity contribution in [1.82, 2.24) is 8.75 Å². The molecule has 0 aliphatic carbocycles. The Hall–Kier alpha value is -1.26. The zero-order valence-corrected chi connectivity index (χ0v) is 10.3. The Kier molecular flexibility index (Phi) is 3.31. The van der Waals surface area contributed by atoms with Crippen LogP contribution in [0.4, 0.5) is 0 Å². The van der Waals surface area contributed by atoms with Crippen molar-refractivity contribution >= 4 is 11.7 Å². The second-order valence-corrected chi connectivity index (χ2v) is 4.57. The fraction of sp³-hybridized carbons (Fsp3) is 0.333. The molecule has 1 atom stereocenters. The summed E-state index contributed by atoms with van der Waals surface area (Å²) >= 11 is 1.21. The van der Waals surface area contributed by atoms with E-state index in [0.29, 0.717) is 0 Å². The van der Waals surface area contributed by atoms with Crippen LogP contribution in [0.5, 0.6) is 0 Å². The molecular weight excluding hydrogens is 218 g/mol. The molecule has 1 aromatic heterocycles. The largest absolute Gasteiger partial charge is 0.322 e. The van der Waals surface area contributed by atoms with Gasteiger partial charge in [-0.2, -0.15) is 8.75 Å². The maximum absolute atomic E-state index is 6.11. The highest BCUT2D eigenvalue weighted by Crippen LogP contribution is 2.20. The van der Waals surface area contributed by atoms with Gasteiger partial charge in [0.1, 0.15) is 0 Å². The molecule has 1 heterocycles. The van der Waals surface area contributed by atoms with Gasteiger partial charge in [-0.1, -0.05) is 18.2 Å². The molecule has 2 aromatic rings. The molecular formula is C12H15N3S. The first kappa shape index (κ1) is 11.2. The van der Waals surface area contributed by atoms with Crippen molar-refractivity contribution in [2.75, 3.05) is 0 Å². The van der Waals surface area contributed by atoms with Gasteiger partial charge in [0, 0.05) is 0 Å². The average Bonchev–Trinajstić information content (AvgIpc) is 2.76. The van der Waals surface area contributed by atoms with Crippen LogP contribution in [0.2, 0.25) is 0 Å². The third-order valence-corrected chi connectivity index (χ3v) is 3.32. The van der Waals surface area contributed by atoms with Crippen LogP contribution in [-0.2, 0) is 6.42 Å². The van der Waals surface area contributed by atoms with Crippen molar-refractivity contribution < 1.29 is 0 Å². The number of aromatic nitrogens is 2. The van der Waals surface area contributed by atoms with Crippen LogP contribution in [0.25, 0.3) is 0 Å².